The highest BCUT2D eigenvalue weighted by molar-refractivity contribution is 9.10. The Balaban J connectivity index is 1.19. The smallest absolute Gasteiger partial charge is 0.253 e. The molecule has 5 aromatic rings. The summed E-state index contributed by atoms with van der Waals surface area (Å²) in [7, 11) is 0. The van der Waals surface area contributed by atoms with Crippen molar-refractivity contribution in [2.75, 3.05) is 18.4 Å². The van der Waals surface area contributed by atoms with E-state index in [0.29, 0.717) is 24.4 Å². The van der Waals surface area contributed by atoms with Gasteiger partial charge in [0, 0.05) is 49.6 Å². The van der Waals surface area contributed by atoms with E-state index in [1.165, 1.54) is 0 Å². The Kier molecular flexibility index (Phi) is 7.23. The molecule has 1 saturated heterocycles. The number of rotatable bonds is 7. The summed E-state index contributed by atoms with van der Waals surface area (Å²) in [5, 5.41) is 7.97. The third kappa shape index (κ3) is 5.63. The van der Waals surface area contributed by atoms with Crippen molar-refractivity contribution in [1.82, 2.24) is 24.5 Å². The molecule has 2 aromatic carbocycles. The zero-order valence-electron chi connectivity index (χ0n) is 21.2. The summed E-state index contributed by atoms with van der Waals surface area (Å²) in [4.78, 5) is 24.5. The molecule has 1 amide bonds. The van der Waals surface area contributed by atoms with E-state index in [-0.39, 0.29) is 11.8 Å². The second-order valence-electron chi connectivity index (χ2n) is 9.54. The van der Waals surface area contributed by atoms with Crippen molar-refractivity contribution in [2.45, 2.75) is 25.3 Å². The molecule has 39 heavy (non-hydrogen) atoms. The Morgan fingerprint density at radius 2 is 1.85 bits per heavy atom. The van der Waals surface area contributed by atoms with Crippen LogP contribution >= 0.6 is 15.9 Å². The third-order valence-corrected chi connectivity index (χ3v) is 7.41. The number of pyridine rings is 1. The van der Waals surface area contributed by atoms with E-state index < -0.39 is 0 Å². The number of benzene rings is 2. The Hall–Kier alpha value is -4.24. The molecule has 8 nitrogen and oxygen atoms in total. The maximum absolute atomic E-state index is 13.4. The van der Waals surface area contributed by atoms with E-state index >= 15 is 0 Å². The number of piperidine rings is 1. The van der Waals surface area contributed by atoms with Crippen LogP contribution in [0.25, 0.3) is 5.65 Å². The van der Waals surface area contributed by atoms with Gasteiger partial charge in [-0.1, -0.05) is 24.3 Å². The molecule has 1 unspecified atom stereocenters. The number of nitrogens with zero attached hydrogens (tertiary/aromatic N) is 5. The fourth-order valence-corrected chi connectivity index (χ4v) is 5.21. The highest BCUT2D eigenvalue weighted by Crippen LogP contribution is 2.31. The van der Waals surface area contributed by atoms with Gasteiger partial charge >= 0.3 is 0 Å². The van der Waals surface area contributed by atoms with Gasteiger partial charge in [0.25, 0.3) is 5.91 Å². The Labute approximate surface area is 234 Å². The van der Waals surface area contributed by atoms with Gasteiger partial charge in [0.1, 0.15) is 17.3 Å². The van der Waals surface area contributed by atoms with Gasteiger partial charge in [-0.25, -0.2) is 4.98 Å². The van der Waals surface area contributed by atoms with Gasteiger partial charge in [0.05, 0.1) is 16.4 Å². The number of likely N-dealkylation sites (tertiary alicyclic amines) is 1. The molecule has 1 aliphatic rings. The van der Waals surface area contributed by atoms with Crippen LogP contribution in [0, 0.1) is 0 Å². The first-order chi connectivity index (χ1) is 19.1. The van der Waals surface area contributed by atoms with Gasteiger partial charge in [-0.3, -0.25) is 9.78 Å². The molecule has 6 rings (SSSR count). The topological polar surface area (TPSA) is 84.7 Å². The number of carbonyl (C=O) groups excluding carboxylic acids is 1. The van der Waals surface area contributed by atoms with Crippen molar-refractivity contribution in [3.05, 3.63) is 113 Å². The first-order valence-electron chi connectivity index (χ1n) is 12.9. The lowest BCUT2D eigenvalue weighted by Crippen LogP contribution is -2.39. The van der Waals surface area contributed by atoms with E-state index in [9.17, 15) is 4.79 Å². The maximum Gasteiger partial charge on any atom is 0.253 e. The molecule has 1 N–H and O–H groups in total. The van der Waals surface area contributed by atoms with Crippen LogP contribution in [0.2, 0.25) is 0 Å². The maximum atomic E-state index is 13.4. The van der Waals surface area contributed by atoms with Crippen molar-refractivity contribution in [3.63, 3.8) is 0 Å². The van der Waals surface area contributed by atoms with Crippen LogP contribution in [0.5, 0.6) is 11.5 Å². The average Bonchev–Trinajstić information content (AvgIpc) is 3.37. The van der Waals surface area contributed by atoms with Gasteiger partial charge in [-0.15, -0.1) is 0 Å². The van der Waals surface area contributed by atoms with Crippen molar-refractivity contribution < 1.29 is 9.53 Å². The van der Waals surface area contributed by atoms with E-state index in [1.807, 2.05) is 77.8 Å². The Bertz CT molecular complexity index is 1570. The molecule has 1 aliphatic heterocycles. The minimum absolute atomic E-state index is 0.0208. The summed E-state index contributed by atoms with van der Waals surface area (Å²) in [6, 6.07) is 23.0. The summed E-state index contributed by atoms with van der Waals surface area (Å²) >= 11 is 3.59. The van der Waals surface area contributed by atoms with Gasteiger partial charge in [0.2, 0.25) is 0 Å². The fourth-order valence-electron chi connectivity index (χ4n) is 4.86. The molecule has 0 radical (unpaired) electrons. The highest BCUT2D eigenvalue weighted by Gasteiger charge is 2.27. The highest BCUT2D eigenvalue weighted by atomic mass is 79.9. The average molecular weight is 583 g/mol. The molecule has 3 aromatic heterocycles. The summed E-state index contributed by atoms with van der Waals surface area (Å²) in [6.45, 7) is 1.95. The van der Waals surface area contributed by atoms with Crippen molar-refractivity contribution in [1.29, 1.82) is 0 Å². The number of amides is 1. The number of nitrogens with one attached hydrogen (secondary N) is 1. The first-order valence-corrected chi connectivity index (χ1v) is 13.7. The fraction of sp³-hybridized carbons (Fsp3) is 0.200. The quantitative estimate of drug-likeness (QED) is 0.242. The lowest BCUT2D eigenvalue weighted by atomic mass is 9.94. The van der Waals surface area contributed by atoms with E-state index in [2.05, 4.69) is 37.4 Å². The van der Waals surface area contributed by atoms with Crippen LogP contribution in [0.15, 0.2) is 95.9 Å². The van der Waals surface area contributed by atoms with Gasteiger partial charge < -0.3 is 15.0 Å². The number of halogens is 1. The summed E-state index contributed by atoms with van der Waals surface area (Å²) in [5.74, 6) is 2.45. The molecule has 4 heterocycles. The number of anilines is 1. The number of ether oxygens (including phenoxy) is 1. The number of fused-ring (bicyclic) bond motifs is 1. The van der Waals surface area contributed by atoms with Crippen LogP contribution in [0.1, 0.15) is 40.4 Å². The zero-order valence-corrected chi connectivity index (χ0v) is 22.8. The Morgan fingerprint density at radius 3 is 2.64 bits per heavy atom. The lowest BCUT2D eigenvalue weighted by molar-refractivity contribution is 0.0706. The molecular formula is C30H27BrN6O2. The molecule has 0 bridgehead atoms. The molecule has 196 valence electrons. The monoisotopic (exact) mass is 582 g/mol. The zero-order chi connectivity index (χ0) is 26.6. The molecule has 1 atom stereocenters. The van der Waals surface area contributed by atoms with Crippen LogP contribution in [0.3, 0.4) is 0 Å². The second kappa shape index (κ2) is 11.2. The van der Waals surface area contributed by atoms with Gasteiger partial charge in [0.15, 0.2) is 5.65 Å². The van der Waals surface area contributed by atoms with E-state index in [4.69, 9.17) is 9.72 Å². The molecule has 1 fully saturated rings. The predicted octanol–water partition coefficient (Wildman–Crippen LogP) is 6.31. The predicted molar refractivity (Wildman–Crippen MR) is 153 cm³/mol. The minimum Gasteiger partial charge on any atom is -0.457 e. The SMILES string of the molecule is O=C(c1ccc(Oc2ccccc2)cc1)N1CCCC(c2cc(NCc3cccnc3)n3ncc(Br)c3n2)C1. The Morgan fingerprint density at radius 1 is 1.03 bits per heavy atom. The van der Waals surface area contributed by atoms with Crippen molar-refractivity contribution in [3.8, 4) is 11.5 Å². The number of hydrogen-bond acceptors (Lipinski definition) is 6. The minimum atomic E-state index is 0.0208. The number of hydrogen-bond donors (Lipinski definition) is 1. The van der Waals surface area contributed by atoms with E-state index in [0.717, 1.165) is 52.3 Å². The summed E-state index contributed by atoms with van der Waals surface area (Å²) in [5.41, 5.74) is 3.42. The molecular weight excluding hydrogens is 556 g/mol. The second-order valence-corrected chi connectivity index (χ2v) is 10.4. The van der Waals surface area contributed by atoms with Crippen LogP contribution < -0.4 is 10.1 Å². The molecule has 9 heteroatoms. The lowest BCUT2D eigenvalue weighted by Gasteiger charge is -2.33. The van der Waals surface area contributed by atoms with Crippen LogP contribution in [-0.2, 0) is 6.54 Å². The number of carbonyl (C=O) groups is 1. The number of para-hydroxylation sites is 1. The van der Waals surface area contributed by atoms with Crippen LogP contribution in [-0.4, -0.2) is 43.5 Å². The largest absolute Gasteiger partial charge is 0.457 e. The summed E-state index contributed by atoms with van der Waals surface area (Å²) in [6.07, 6.45) is 7.24. The number of aromatic nitrogens is 4. The molecule has 0 spiro atoms. The van der Waals surface area contributed by atoms with Gasteiger partial charge in [-0.2, -0.15) is 9.61 Å². The standard InChI is InChI=1S/C30H27BrN6O2/c31-26-19-34-37-28(33-18-21-6-4-14-32-17-21)16-27(35-29(26)37)23-7-5-15-36(20-23)30(38)22-10-12-25(13-11-22)39-24-8-2-1-3-9-24/h1-4,6,8-14,16-17,19,23,33H,5,7,15,18,20H2. The van der Waals surface area contributed by atoms with Crippen LogP contribution in [0.4, 0.5) is 5.82 Å². The van der Waals surface area contributed by atoms with Gasteiger partial charge in [-0.05, 0) is 76.8 Å². The molecule has 0 saturated carbocycles. The first kappa shape index (κ1) is 25.1. The van der Waals surface area contributed by atoms with E-state index in [1.54, 1.807) is 16.9 Å². The summed E-state index contributed by atoms with van der Waals surface area (Å²) < 4.78 is 8.51. The van der Waals surface area contributed by atoms with Crippen molar-refractivity contribution >= 4 is 33.3 Å². The molecule has 0 aliphatic carbocycles. The van der Waals surface area contributed by atoms with Crippen molar-refractivity contribution in [2.24, 2.45) is 0 Å². The third-order valence-electron chi connectivity index (χ3n) is 6.85. The normalized spacial score (nSPS) is 15.3.